The minimum Gasteiger partial charge on any atom is -0.454 e. The average molecular weight is 316 g/mol. The van der Waals surface area contributed by atoms with E-state index in [1.54, 1.807) is 23.7 Å². The van der Waals surface area contributed by atoms with Crippen molar-refractivity contribution in [3.05, 3.63) is 71.5 Å². The van der Waals surface area contributed by atoms with E-state index in [-0.39, 0.29) is 6.61 Å². The van der Waals surface area contributed by atoms with Gasteiger partial charge in [0.25, 0.3) is 0 Å². The predicted octanol–water partition coefficient (Wildman–Crippen LogP) is 3.22. The van der Waals surface area contributed by atoms with Crippen molar-refractivity contribution in [3.63, 3.8) is 0 Å². The Labute approximate surface area is 132 Å². The Morgan fingerprint density at radius 3 is 2.73 bits per heavy atom. The molecule has 0 bridgehead atoms. The Morgan fingerprint density at radius 2 is 2.05 bits per heavy atom. The van der Waals surface area contributed by atoms with Crippen molar-refractivity contribution in [2.24, 2.45) is 7.05 Å². The summed E-state index contributed by atoms with van der Waals surface area (Å²) in [6.45, 7) is 0.0792. The summed E-state index contributed by atoms with van der Waals surface area (Å²) in [5.74, 6) is 0.202. The summed E-state index contributed by atoms with van der Waals surface area (Å²) in [6.07, 6.45) is 5.36. The van der Waals surface area contributed by atoms with Gasteiger partial charge in [0.05, 0.1) is 11.8 Å². The molecule has 2 heterocycles. The molecule has 112 valence electrons. The smallest absolute Gasteiger partial charge is 0.338 e. The van der Waals surface area contributed by atoms with E-state index in [0.29, 0.717) is 16.5 Å². The monoisotopic (exact) mass is 315 g/mol. The fourth-order valence-corrected chi connectivity index (χ4v) is 2.22. The molecule has 6 heteroatoms. The number of nitrogens with zero attached hydrogens (tertiary/aromatic N) is 3. The number of rotatable bonds is 4. The van der Waals surface area contributed by atoms with Gasteiger partial charge in [-0.1, -0.05) is 17.7 Å². The van der Waals surface area contributed by atoms with Crippen LogP contribution in [0.15, 0.2) is 55.0 Å². The van der Waals surface area contributed by atoms with Gasteiger partial charge in [-0.3, -0.25) is 0 Å². The number of carbonyl (C=O) groups is 1. The highest BCUT2D eigenvalue weighted by Crippen LogP contribution is 2.14. The summed E-state index contributed by atoms with van der Waals surface area (Å²) in [5, 5.41) is 0.501. The van der Waals surface area contributed by atoms with Gasteiger partial charge < -0.3 is 13.9 Å². The van der Waals surface area contributed by atoms with Crippen LogP contribution in [0.1, 0.15) is 16.2 Å². The fourth-order valence-electron chi connectivity index (χ4n) is 2.07. The van der Waals surface area contributed by atoms with Gasteiger partial charge in [0.15, 0.2) is 0 Å². The van der Waals surface area contributed by atoms with Crippen LogP contribution in [0.4, 0.5) is 0 Å². The number of imidazole rings is 1. The number of benzene rings is 1. The molecule has 0 aliphatic heterocycles. The highest BCUT2D eigenvalue weighted by Gasteiger charge is 2.11. The Balaban J connectivity index is 1.73. The lowest BCUT2D eigenvalue weighted by Crippen LogP contribution is -2.09. The normalized spacial score (nSPS) is 10.6. The number of halogens is 1. The van der Waals surface area contributed by atoms with Gasteiger partial charge in [-0.2, -0.15) is 0 Å². The lowest BCUT2D eigenvalue weighted by Gasteiger charge is -2.07. The van der Waals surface area contributed by atoms with Crippen molar-refractivity contribution in [1.29, 1.82) is 0 Å². The maximum Gasteiger partial charge on any atom is 0.338 e. The molecule has 3 rings (SSSR count). The van der Waals surface area contributed by atoms with E-state index in [2.05, 4.69) is 4.98 Å². The van der Waals surface area contributed by atoms with Crippen LogP contribution < -0.4 is 0 Å². The van der Waals surface area contributed by atoms with E-state index in [1.165, 1.54) is 6.20 Å². The van der Waals surface area contributed by atoms with E-state index in [0.717, 1.165) is 5.69 Å². The first-order chi connectivity index (χ1) is 10.6. The Morgan fingerprint density at radius 1 is 1.27 bits per heavy atom. The molecule has 2 aromatic heterocycles. The van der Waals surface area contributed by atoms with Crippen molar-refractivity contribution in [2.45, 2.75) is 6.61 Å². The lowest BCUT2D eigenvalue weighted by molar-refractivity contribution is 0.0459. The second-order valence-electron chi connectivity index (χ2n) is 4.77. The largest absolute Gasteiger partial charge is 0.454 e. The molecule has 0 unspecified atom stereocenters. The van der Waals surface area contributed by atoms with Gasteiger partial charge in [0.1, 0.15) is 17.6 Å². The molecular weight excluding hydrogens is 302 g/mol. The third-order valence-corrected chi connectivity index (χ3v) is 3.70. The molecule has 0 aliphatic rings. The third kappa shape index (κ3) is 2.89. The van der Waals surface area contributed by atoms with Crippen molar-refractivity contribution in [2.75, 3.05) is 0 Å². The van der Waals surface area contributed by atoms with Crippen molar-refractivity contribution >= 4 is 17.6 Å². The Hall–Kier alpha value is -2.53. The fraction of sp³-hybridized carbons (Fsp3) is 0.125. The number of hydrogen-bond acceptors (Lipinski definition) is 3. The van der Waals surface area contributed by atoms with Crippen LogP contribution in [0.3, 0.4) is 0 Å². The highest BCUT2D eigenvalue weighted by molar-refractivity contribution is 6.29. The first kappa shape index (κ1) is 14.4. The average Bonchev–Trinajstić information content (AvgIpc) is 3.17. The van der Waals surface area contributed by atoms with E-state index >= 15 is 0 Å². The van der Waals surface area contributed by atoms with Crippen LogP contribution in [0.25, 0.3) is 5.69 Å². The molecule has 0 fully saturated rings. The number of aromatic nitrogens is 3. The molecule has 3 aromatic rings. The summed E-state index contributed by atoms with van der Waals surface area (Å²) < 4.78 is 8.89. The van der Waals surface area contributed by atoms with Crippen LogP contribution >= 0.6 is 11.6 Å². The van der Waals surface area contributed by atoms with E-state index in [9.17, 15) is 4.79 Å². The Kier molecular flexibility index (Phi) is 3.98. The van der Waals surface area contributed by atoms with E-state index in [4.69, 9.17) is 16.3 Å². The van der Waals surface area contributed by atoms with Crippen LogP contribution in [-0.4, -0.2) is 20.1 Å². The summed E-state index contributed by atoms with van der Waals surface area (Å²) in [4.78, 5) is 16.2. The van der Waals surface area contributed by atoms with Crippen molar-refractivity contribution in [1.82, 2.24) is 14.1 Å². The third-order valence-electron chi connectivity index (χ3n) is 3.34. The summed E-state index contributed by atoms with van der Waals surface area (Å²) in [6, 6.07) is 11.1. The zero-order valence-corrected chi connectivity index (χ0v) is 12.7. The number of esters is 1. The summed E-state index contributed by atoms with van der Waals surface area (Å²) in [7, 11) is 1.77. The number of carbonyl (C=O) groups excluding carboxylic acids is 1. The van der Waals surface area contributed by atoms with Crippen molar-refractivity contribution in [3.8, 4) is 5.69 Å². The molecule has 0 spiro atoms. The van der Waals surface area contributed by atoms with Crippen LogP contribution in [0.5, 0.6) is 0 Å². The van der Waals surface area contributed by atoms with Gasteiger partial charge in [-0.05, 0) is 30.3 Å². The molecule has 5 nitrogen and oxygen atoms in total. The molecule has 0 aliphatic carbocycles. The van der Waals surface area contributed by atoms with Crippen LogP contribution in [0.2, 0.25) is 5.15 Å². The molecule has 0 N–H and O–H groups in total. The molecule has 1 aromatic carbocycles. The lowest BCUT2D eigenvalue weighted by atomic mass is 10.2. The molecule has 22 heavy (non-hydrogen) atoms. The molecular formula is C16H14ClN3O2. The molecule has 0 atom stereocenters. The maximum absolute atomic E-state index is 12.2. The standard InChI is InChI=1S/C16H14ClN3O2/c1-19-14(17)10-18-15(19)11-22-16(21)12-5-4-6-13(9-12)20-7-2-3-8-20/h2-10H,11H2,1H3. The van der Waals surface area contributed by atoms with Gasteiger partial charge in [0.2, 0.25) is 0 Å². The zero-order valence-electron chi connectivity index (χ0n) is 11.9. The maximum atomic E-state index is 12.2. The molecule has 0 amide bonds. The molecule has 0 radical (unpaired) electrons. The molecule has 0 saturated heterocycles. The minimum atomic E-state index is -0.395. The summed E-state index contributed by atoms with van der Waals surface area (Å²) in [5.41, 5.74) is 1.39. The second kappa shape index (κ2) is 6.07. The van der Waals surface area contributed by atoms with E-state index < -0.39 is 5.97 Å². The van der Waals surface area contributed by atoms with Gasteiger partial charge in [0, 0.05) is 25.1 Å². The predicted molar refractivity (Wildman–Crippen MR) is 83.1 cm³/mol. The topological polar surface area (TPSA) is 49.1 Å². The van der Waals surface area contributed by atoms with E-state index in [1.807, 2.05) is 41.2 Å². The highest BCUT2D eigenvalue weighted by atomic mass is 35.5. The zero-order chi connectivity index (χ0) is 15.5. The van der Waals surface area contributed by atoms with Gasteiger partial charge >= 0.3 is 5.97 Å². The van der Waals surface area contributed by atoms with Gasteiger partial charge in [-0.15, -0.1) is 0 Å². The first-order valence-electron chi connectivity index (χ1n) is 6.72. The second-order valence-corrected chi connectivity index (χ2v) is 5.16. The van der Waals surface area contributed by atoms with Crippen LogP contribution in [-0.2, 0) is 18.4 Å². The van der Waals surface area contributed by atoms with Crippen molar-refractivity contribution < 1.29 is 9.53 Å². The Bertz CT molecular complexity index is 794. The molecule has 0 saturated carbocycles. The number of hydrogen-bond donors (Lipinski definition) is 0. The first-order valence-corrected chi connectivity index (χ1v) is 7.09. The quantitative estimate of drug-likeness (QED) is 0.695. The van der Waals surface area contributed by atoms with Gasteiger partial charge in [-0.25, -0.2) is 9.78 Å². The summed E-state index contributed by atoms with van der Waals surface area (Å²) >= 11 is 5.90. The number of ether oxygens (including phenoxy) is 1. The minimum absolute atomic E-state index is 0.0792. The SMILES string of the molecule is Cn1c(Cl)cnc1COC(=O)c1cccc(-n2cccc2)c1. The van der Waals surface area contributed by atoms with Crippen LogP contribution in [0, 0.1) is 0 Å².